The number of hydrogen-bond acceptors (Lipinski definition) is 13. The second-order valence-electron chi connectivity index (χ2n) is 15.1. The molecule has 0 unspecified atom stereocenters. The van der Waals surface area contributed by atoms with Gasteiger partial charge in [-0.25, -0.2) is 4.79 Å². The molecule has 3 aromatic carbocycles. The number of rotatable bonds is 20. The van der Waals surface area contributed by atoms with Gasteiger partial charge in [0.15, 0.2) is 0 Å². The Balaban J connectivity index is 1.54. The number of amides is 1. The number of nitrogens with zero attached hydrogens (tertiary/aromatic N) is 4. The van der Waals surface area contributed by atoms with Gasteiger partial charge in [0.2, 0.25) is 5.79 Å². The molecule has 3 aromatic rings. The Morgan fingerprint density at radius 2 is 1.67 bits per heavy atom. The summed E-state index contributed by atoms with van der Waals surface area (Å²) in [4.78, 5) is 43.4. The lowest BCUT2D eigenvalue weighted by atomic mass is 9.55. The molecule has 1 fully saturated rings. The van der Waals surface area contributed by atoms with Gasteiger partial charge in [-0.3, -0.25) is 25.1 Å². The number of aliphatic hydroxyl groups is 2. The molecule has 1 aliphatic heterocycles. The molecular weight excluding hydrogens is 776 g/mol. The van der Waals surface area contributed by atoms with Crippen LogP contribution in [-0.4, -0.2) is 82.1 Å². The Kier molecular flexibility index (Phi) is 14.5. The van der Waals surface area contributed by atoms with E-state index >= 15 is 0 Å². The number of ether oxygens (including phenoxy) is 4. The van der Waals surface area contributed by atoms with Crippen molar-refractivity contribution in [2.24, 2.45) is 22.9 Å². The largest absolute Gasteiger partial charge is 0.459 e. The van der Waals surface area contributed by atoms with Crippen molar-refractivity contribution >= 4 is 23.2 Å². The molecule has 0 radical (unpaired) electrons. The van der Waals surface area contributed by atoms with Crippen molar-refractivity contribution in [2.45, 2.75) is 76.0 Å². The summed E-state index contributed by atoms with van der Waals surface area (Å²) < 4.78 is 26.3. The van der Waals surface area contributed by atoms with Crippen molar-refractivity contribution in [3.63, 3.8) is 0 Å². The lowest BCUT2D eigenvalue weighted by Gasteiger charge is -2.59. The number of hydrogen-bond donors (Lipinski definition) is 2. The number of unbranched alkanes of at least 4 members (excludes halogenated alkanes) is 2. The fraction of sp³-hybridized carbons (Fsp3) is 0.455. The number of carbonyl (C=O) groups is 1. The van der Waals surface area contributed by atoms with E-state index in [0.717, 1.165) is 30.4 Å². The molecule has 60 heavy (non-hydrogen) atoms. The van der Waals surface area contributed by atoms with Crippen molar-refractivity contribution < 1.29 is 48.6 Å². The van der Waals surface area contributed by atoms with E-state index in [0.29, 0.717) is 42.9 Å². The molecule has 6 atom stereocenters. The number of aliphatic hydroxyl groups excluding tert-OH is 2. The number of carbonyl (C=O) groups excluding carboxylic acids is 1. The van der Waals surface area contributed by atoms with Crippen LogP contribution < -0.4 is 14.2 Å². The number of benzene rings is 3. The summed E-state index contributed by atoms with van der Waals surface area (Å²) in [6, 6.07) is 15.8. The van der Waals surface area contributed by atoms with Crippen molar-refractivity contribution in [3.05, 3.63) is 117 Å². The fourth-order valence-electron chi connectivity index (χ4n) is 9.03. The molecule has 16 nitrogen and oxygen atoms in total. The molecule has 0 bridgehead atoms. The van der Waals surface area contributed by atoms with Gasteiger partial charge in [-0.15, -0.1) is 6.58 Å². The molecule has 3 aliphatic rings. The molecule has 1 saturated carbocycles. The average Bonchev–Trinajstić information content (AvgIpc) is 3.24. The first kappa shape index (κ1) is 43.7. The van der Waals surface area contributed by atoms with Crippen molar-refractivity contribution in [2.75, 3.05) is 33.5 Å². The SMILES string of the molecule is C=CCO[C@@]12Oc3ccc(Oc4cccc([N+](=O)[O-])c4)cc3[C@H]3[C@H](CCCCO)[C@@H](CCCCO)C=C(C(=NOC)C[C@@H]1N(CCC)C(=O)Oc1ccc([N+](=O)[O-])cc1)[C@H]32. The smallest absolute Gasteiger partial charge is 0.415 e. The van der Waals surface area contributed by atoms with Crippen LogP contribution in [0.25, 0.3) is 0 Å². The zero-order valence-electron chi connectivity index (χ0n) is 33.9. The van der Waals surface area contributed by atoms with Crippen molar-refractivity contribution in [3.8, 4) is 23.0 Å². The van der Waals surface area contributed by atoms with E-state index in [1.54, 1.807) is 35.2 Å². The molecule has 0 spiro atoms. The van der Waals surface area contributed by atoms with Crippen LogP contribution in [-0.2, 0) is 9.57 Å². The number of fused-ring (bicyclic) bond motifs is 2. The first-order chi connectivity index (χ1) is 29.1. The fourth-order valence-corrected chi connectivity index (χ4v) is 9.03. The second-order valence-corrected chi connectivity index (χ2v) is 15.1. The van der Waals surface area contributed by atoms with Gasteiger partial charge >= 0.3 is 6.09 Å². The van der Waals surface area contributed by atoms with Gasteiger partial charge in [-0.05, 0) is 85.9 Å². The maximum Gasteiger partial charge on any atom is 0.415 e. The molecule has 1 amide bonds. The van der Waals surface area contributed by atoms with Crippen LogP contribution in [0.2, 0.25) is 0 Å². The second kappa shape index (κ2) is 19.9. The summed E-state index contributed by atoms with van der Waals surface area (Å²) >= 11 is 0. The number of nitro groups is 2. The minimum Gasteiger partial charge on any atom is -0.459 e. The molecule has 2 aliphatic carbocycles. The van der Waals surface area contributed by atoms with E-state index < -0.39 is 33.7 Å². The number of allylic oxidation sites excluding steroid dienone is 1. The molecule has 2 N–H and O–H groups in total. The van der Waals surface area contributed by atoms with Crippen LogP contribution in [0, 0.1) is 38.0 Å². The molecule has 320 valence electrons. The summed E-state index contributed by atoms with van der Waals surface area (Å²) in [7, 11) is 1.46. The van der Waals surface area contributed by atoms with E-state index in [-0.39, 0.29) is 73.4 Å². The van der Waals surface area contributed by atoms with Crippen LogP contribution in [0.5, 0.6) is 23.0 Å². The number of nitro benzene ring substituents is 2. The monoisotopic (exact) mass is 828 g/mol. The van der Waals surface area contributed by atoms with E-state index in [1.165, 1.54) is 43.5 Å². The zero-order valence-corrected chi connectivity index (χ0v) is 33.9. The van der Waals surface area contributed by atoms with Gasteiger partial charge in [0.25, 0.3) is 11.4 Å². The Morgan fingerprint density at radius 1 is 0.967 bits per heavy atom. The Labute approximate surface area is 348 Å². The van der Waals surface area contributed by atoms with Gasteiger partial charge in [-0.2, -0.15) is 0 Å². The van der Waals surface area contributed by atoms with E-state index in [2.05, 4.69) is 17.8 Å². The van der Waals surface area contributed by atoms with E-state index in [1.807, 2.05) is 13.0 Å². The summed E-state index contributed by atoms with van der Waals surface area (Å²) in [5.74, 6) is -1.22. The molecule has 16 heteroatoms. The summed E-state index contributed by atoms with van der Waals surface area (Å²) in [5.41, 5.74) is 1.97. The summed E-state index contributed by atoms with van der Waals surface area (Å²) in [6.45, 7) is 6.24. The highest BCUT2D eigenvalue weighted by Gasteiger charge is 2.65. The summed E-state index contributed by atoms with van der Waals surface area (Å²) in [5, 5.41) is 47.2. The molecule has 0 saturated heterocycles. The first-order valence-corrected chi connectivity index (χ1v) is 20.4. The maximum atomic E-state index is 14.4. The third-order valence-corrected chi connectivity index (χ3v) is 11.4. The standard InChI is InChI=1S/C44H52N4O12/c1-4-21-46(43(51)59-32-17-15-30(16-18-32)47(52)53)40-28-38(45-56-3)36-25-29(11-6-8-22-49)35(14-7-9-23-50)41-37-27-34(58-33-13-10-12-31(26-33)48(54)55)19-20-39(37)60-44(40,42(36)41)57-24-5-2/h5,10,12-13,15-20,25-27,29,35,40-42,49-50H,2,4,6-9,11,14,21-24,28H2,1,3H3/t29-,35+,40-,41+,42+,44+/m0/s1. The van der Waals surface area contributed by atoms with Gasteiger partial charge in [0, 0.05) is 55.9 Å². The Hall–Kier alpha value is -5.84. The maximum absolute atomic E-state index is 14.4. The minimum atomic E-state index is -1.54. The minimum absolute atomic E-state index is 0.00616. The van der Waals surface area contributed by atoms with Crippen LogP contribution in [0.3, 0.4) is 0 Å². The van der Waals surface area contributed by atoms with Crippen LogP contribution >= 0.6 is 0 Å². The summed E-state index contributed by atoms with van der Waals surface area (Å²) in [6.07, 6.45) is 7.96. The lowest BCUT2D eigenvalue weighted by molar-refractivity contribution is -0.385. The van der Waals surface area contributed by atoms with E-state index in [4.69, 9.17) is 23.8 Å². The number of non-ortho nitro benzene ring substituents is 2. The van der Waals surface area contributed by atoms with Crippen LogP contribution in [0.4, 0.5) is 16.2 Å². The lowest BCUT2D eigenvalue weighted by Crippen LogP contribution is -2.70. The zero-order chi connectivity index (χ0) is 42.8. The molecule has 1 heterocycles. The predicted molar refractivity (Wildman–Crippen MR) is 221 cm³/mol. The highest BCUT2D eigenvalue weighted by molar-refractivity contribution is 6.03. The van der Waals surface area contributed by atoms with Crippen LogP contribution in [0.15, 0.2) is 96.2 Å². The Morgan fingerprint density at radius 3 is 2.33 bits per heavy atom. The third kappa shape index (κ3) is 9.30. The highest BCUT2D eigenvalue weighted by Crippen LogP contribution is 2.62. The van der Waals surface area contributed by atoms with Gasteiger partial charge in [0.05, 0.1) is 34.1 Å². The van der Waals surface area contributed by atoms with Gasteiger partial charge in [0.1, 0.15) is 36.1 Å². The molecular formula is C44H52N4O12. The predicted octanol–water partition coefficient (Wildman–Crippen LogP) is 8.47. The van der Waals surface area contributed by atoms with Gasteiger partial charge in [-0.1, -0.05) is 43.1 Å². The molecule has 6 rings (SSSR count). The topological polar surface area (TPSA) is 206 Å². The number of oxime groups is 1. The molecule has 0 aromatic heterocycles. The normalized spacial score (nSPS) is 23.3. The van der Waals surface area contributed by atoms with Crippen molar-refractivity contribution in [1.29, 1.82) is 0 Å². The average molecular weight is 829 g/mol. The highest BCUT2D eigenvalue weighted by atomic mass is 16.7. The first-order valence-electron chi connectivity index (χ1n) is 20.4. The third-order valence-electron chi connectivity index (χ3n) is 11.4. The Bertz CT molecular complexity index is 2070. The van der Waals surface area contributed by atoms with Crippen LogP contribution in [0.1, 0.15) is 69.8 Å². The quantitative estimate of drug-likeness (QED) is 0.0476. The van der Waals surface area contributed by atoms with Gasteiger partial charge < -0.3 is 34.0 Å². The van der Waals surface area contributed by atoms with E-state index in [9.17, 15) is 35.2 Å². The van der Waals surface area contributed by atoms with Crippen molar-refractivity contribution in [1.82, 2.24) is 4.90 Å².